The van der Waals surface area contributed by atoms with E-state index in [4.69, 9.17) is 9.31 Å². The number of alkyl halides is 3. The van der Waals surface area contributed by atoms with E-state index in [1.54, 1.807) is 27.7 Å². The number of H-pyrrole nitrogens is 1. The van der Waals surface area contributed by atoms with Crippen LogP contribution in [0.25, 0.3) is 0 Å². The van der Waals surface area contributed by atoms with Gasteiger partial charge in [0.2, 0.25) is 10.0 Å². The van der Waals surface area contributed by atoms with Crippen molar-refractivity contribution in [3.8, 4) is 0 Å². The van der Waals surface area contributed by atoms with Crippen molar-refractivity contribution in [2.45, 2.75) is 87.6 Å². The molecule has 4 rings (SSSR count). The van der Waals surface area contributed by atoms with Crippen LogP contribution in [0.1, 0.15) is 70.7 Å². The summed E-state index contributed by atoms with van der Waals surface area (Å²) in [4.78, 5) is 3.67. The second-order valence-electron chi connectivity index (χ2n) is 9.93. The number of rotatable bonds is 5. The highest BCUT2D eigenvalue weighted by molar-refractivity contribution is 7.89. The van der Waals surface area contributed by atoms with Gasteiger partial charge in [-0.05, 0) is 64.6 Å². The predicted octanol–water partition coefficient (Wildman–Crippen LogP) is 3.13. The summed E-state index contributed by atoms with van der Waals surface area (Å²) in [6.45, 7) is 7.09. The van der Waals surface area contributed by atoms with Crippen LogP contribution in [0.5, 0.6) is 0 Å². The monoisotopic (exact) mass is 500 g/mol. The van der Waals surface area contributed by atoms with Crippen LogP contribution in [-0.4, -0.2) is 48.0 Å². The fourth-order valence-corrected chi connectivity index (χ4v) is 5.66. The van der Waals surface area contributed by atoms with Crippen molar-refractivity contribution in [1.29, 1.82) is 0 Å². The molecule has 0 radical (unpaired) electrons. The first-order chi connectivity index (χ1) is 15.7. The highest BCUT2D eigenvalue weighted by Crippen LogP contribution is 2.38. The Labute approximate surface area is 197 Å². The largest absolute Gasteiger partial charge is 0.494 e. The van der Waals surface area contributed by atoms with Gasteiger partial charge in [0.05, 0.1) is 21.7 Å². The van der Waals surface area contributed by atoms with Gasteiger partial charge in [0.1, 0.15) is 12.2 Å². The topological polar surface area (TPSA) is 106 Å². The molecule has 13 heteroatoms. The van der Waals surface area contributed by atoms with E-state index < -0.39 is 51.0 Å². The van der Waals surface area contributed by atoms with E-state index in [0.29, 0.717) is 24.7 Å². The van der Waals surface area contributed by atoms with E-state index in [0.717, 1.165) is 18.9 Å². The van der Waals surface area contributed by atoms with E-state index in [-0.39, 0.29) is 11.4 Å². The molecule has 2 aliphatic rings. The highest BCUT2D eigenvalue weighted by atomic mass is 32.2. The van der Waals surface area contributed by atoms with Crippen molar-refractivity contribution in [1.82, 2.24) is 19.9 Å². The highest BCUT2D eigenvalue weighted by Gasteiger charge is 2.52. The number of hydrogen-bond acceptors (Lipinski definition) is 6. The molecule has 0 bridgehead atoms. The molecule has 2 N–H and O–H groups in total. The summed E-state index contributed by atoms with van der Waals surface area (Å²) >= 11 is 0. The molecule has 0 amide bonds. The summed E-state index contributed by atoms with van der Waals surface area (Å²) in [6, 6.07) is 2.27. The molecule has 2 heterocycles. The zero-order valence-corrected chi connectivity index (χ0v) is 20.3. The van der Waals surface area contributed by atoms with Gasteiger partial charge in [-0.2, -0.15) is 18.3 Å². The smallest absolute Gasteiger partial charge is 0.399 e. The number of nitrogens with zero attached hydrogens (tertiary/aromatic N) is 2. The molecule has 2 aromatic rings. The molecular formula is C21H28BF3N4O4S. The Morgan fingerprint density at radius 2 is 1.79 bits per heavy atom. The minimum atomic E-state index is -4.74. The van der Waals surface area contributed by atoms with Crippen LogP contribution in [0.4, 0.5) is 13.2 Å². The third-order valence-electron chi connectivity index (χ3n) is 6.91. The Morgan fingerprint density at radius 1 is 1.12 bits per heavy atom. The summed E-state index contributed by atoms with van der Waals surface area (Å²) in [5.41, 5.74) is -2.66. The number of sulfonamides is 1. The predicted molar refractivity (Wildman–Crippen MR) is 119 cm³/mol. The molecule has 34 heavy (non-hydrogen) atoms. The van der Waals surface area contributed by atoms with Crippen LogP contribution in [0, 0.1) is 0 Å². The molecule has 2 fully saturated rings. The molecule has 8 nitrogen and oxygen atoms in total. The Morgan fingerprint density at radius 3 is 2.38 bits per heavy atom. The normalized spacial score (nSPS) is 25.0. The average molecular weight is 500 g/mol. The molecule has 1 saturated heterocycles. The van der Waals surface area contributed by atoms with Crippen molar-refractivity contribution < 1.29 is 30.9 Å². The third kappa shape index (κ3) is 5.02. The van der Waals surface area contributed by atoms with Crippen molar-refractivity contribution >= 4 is 22.6 Å². The van der Waals surface area contributed by atoms with E-state index in [1.165, 1.54) is 12.4 Å². The van der Waals surface area contributed by atoms with Crippen LogP contribution in [-0.2, 0) is 25.5 Å². The van der Waals surface area contributed by atoms with E-state index >= 15 is 0 Å². The summed E-state index contributed by atoms with van der Waals surface area (Å²) in [5, 5.41) is 6.65. The Kier molecular flexibility index (Phi) is 6.37. The summed E-state index contributed by atoms with van der Waals surface area (Å²) in [5.74, 6) is 0.664. The first-order valence-corrected chi connectivity index (χ1v) is 12.6. The molecule has 186 valence electrons. The van der Waals surface area contributed by atoms with Gasteiger partial charge < -0.3 is 9.31 Å². The molecule has 0 unspecified atom stereocenters. The van der Waals surface area contributed by atoms with Gasteiger partial charge in [-0.15, -0.1) is 0 Å². The maximum absolute atomic E-state index is 13.7. The summed E-state index contributed by atoms with van der Waals surface area (Å²) in [6.07, 6.45) is -0.733. The molecule has 1 aromatic carbocycles. The number of hydrogen-bond donors (Lipinski definition) is 2. The lowest BCUT2D eigenvalue weighted by atomic mass is 9.78. The zero-order valence-electron chi connectivity index (χ0n) is 19.4. The number of benzene rings is 1. The van der Waals surface area contributed by atoms with Crippen molar-refractivity contribution in [2.24, 2.45) is 0 Å². The van der Waals surface area contributed by atoms with Gasteiger partial charge >= 0.3 is 13.3 Å². The summed E-state index contributed by atoms with van der Waals surface area (Å²) < 4.78 is 81.8. The quantitative estimate of drug-likeness (QED) is 0.612. The number of halogens is 3. The lowest BCUT2D eigenvalue weighted by Crippen LogP contribution is -2.41. The zero-order chi connectivity index (χ0) is 24.9. The first kappa shape index (κ1) is 25.1. The van der Waals surface area contributed by atoms with Gasteiger partial charge in [0.15, 0.2) is 0 Å². The van der Waals surface area contributed by atoms with Crippen LogP contribution in [0.15, 0.2) is 29.4 Å². The first-order valence-electron chi connectivity index (χ1n) is 11.1. The second kappa shape index (κ2) is 8.61. The van der Waals surface area contributed by atoms with Gasteiger partial charge in [-0.1, -0.05) is 12.5 Å². The Balaban J connectivity index is 1.63. The minimum absolute atomic E-state index is 0.00275. The van der Waals surface area contributed by atoms with Gasteiger partial charge in [-0.3, -0.25) is 5.10 Å². The van der Waals surface area contributed by atoms with Gasteiger partial charge in [0.25, 0.3) is 0 Å². The standard InChI is InChI=1S/C21H28BF3N4O4S/c1-19(2)20(3,4)33-22(32-19)15-9-14(21(23,24)25)10-17(11-15)34(30,31)29-16-7-5-6-13(8-16)18-26-12-27-28-18/h9-13,16,29H,5-8H2,1-4H3,(H,26,27,28)/t13-,16+/m1/s1. The fraction of sp³-hybridized carbons (Fsp3) is 0.619. The maximum atomic E-state index is 13.7. The second-order valence-corrected chi connectivity index (χ2v) is 11.6. The maximum Gasteiger partial charge on any atom is 0.494 e. The van der Waals surface area contributed by atoms with E-state index in [9.17, 15) is 21.6 Å². The van der Waals surface area contributed by atoms with Crippen molar-refractivity contribution in [3.05, 3.63) is 35.9 Å². The molecule has 1 aliphatic carbocycles. The van der Waals surface area contributed by atoms with Gasteiger partial charge in [0, 0.05) is 12.0 Å². The van der Waals surface area contributed by atoms with Crippen LogP contribution in [0.3, 0.4) is 0 Å². The number of aromatic nitrogens is 3. The van der Waals surface area contributed by atoms with Crippen LogP contribution in [0.2, 0.25) is 0 Å². The Bertz CT molecular complexity index is 1120. The molecule has 1 aliphatic heterocycles. The molecule has 2 atom stereocenters. The summed E-state index contributed by atoms with van der Waals surface area (Å²) in [7, 11) is -5.38. The minimum Gasteiger partial charge on any atom is -0.399 e. The van der Waals surface area contributed by atoms with Gasteiger partial charge in [-0.25, -0.2) is 18.1 Å². The van der Waals surface area contributed by atoms with Crippen LogP contribution >= 0.6 is 0 Å². The molecule has 1 aromatic heterocycles. The van der Waals surface area contributed by atoms with E-state index in [1.807, 2.05) is 0 Å². The average Bonchev–Trinajstić information content (AvgIpc) is 3.33. The van der Waals surface area contributed by atoms with Crippen molar-refractivity contribution in [2.75, 3.05) is 0 Å². The van der Waals surface area contributed by atoms with Crippen molar-refractivity contribution in [3.63, 3.8) is 0 Å². The molecular weight excluding hydrogens is 472 g/mol. The fourth-order valence-electron chi connectivity index (χ4n) is 4.30. The molecule has 0 spiro atoms. The third-order valence-corrected chi connectivity index (χ3v) is 8.41. The lowest BCUT2D eigenvalue weighted by molar-refractivity contribution is -0.137. The SMILES string of the molecule is CC1(C)OB(c2cc(C(F)(F)F)cc(S(=O)(=O)N[C@H]3CCC[C@@H](c4ncn[nH]4)C3)c2)OC1(C)C. The number of aromatic amines is 1. The molecule has 1 saturated carbocycles. The Hall–Kier alpha value is -1.96. The van der Waals surface area contributed by atoms with E-state index in [2.05, 4.69) is 19.9 Å². The lowest BCUT2D eigenvalue weighted by Gasteiger charge is -2.32. The van der Waals surface area contributed by atoms with Crippen LogP contribution < -0.4 is 10.2 Å². The number of nitrogens with one attached hydrogen (secondary N) is 2.